The molecular formula is C10H9ClN2O4S. The summed E-state index contributed by atoms with van der Waals surface area (Å²) < 4.78 is 24.0. The first-order valence-corrected chi connectivity index (χ1v) is 6.91. The topological polar surface area (TPSA) is 101 Å². The molecule has 0 aliphatic rings. The largest absolute Gasteiger partial charge is 0.270 e. The average molecular weight is 289 g/mol. The van der Waals surface area contributed by atoms with Crippen LogP contribution in [0.5, 0.6) is 0 Å². The van der Waals surface area contributed by atoms with Crippen LogP contribution in [-0.4, -0.2) is 24.5 Å². The minimum Gasteiger partial charge on any atom is -0.258 e. The van der Waals surface area contributed by atoms with E-state index in [2.05, 4.69) is 0 Å². The summed E-state index contributed by atoms with van der Waals surface area (Å²) in [5.41, 5.74) is -0.579. The van der Waals surface area contributed by atoms with Gasteiger partial charge in [0.15, 0.2) is 9.84 Å². The number of non-ortho nitro benzene ring substituents is 1. The molecule has 1 rings (SSSR count). The third-order valence-electron chi connectivity index (χ3n) is 2.35. The van der Waals surface area contributed by atoms with Crippen LogP contribution in [0.3, 0.4) is 0 Å². The Bertz CT molecular complexity index is 621. The molecular weight excluding hydrogens is 280 g/mol. The van der Waals surface area contributed by atoms with Crippen molar-refractivity contribution in [1.29, 1.82) is 5.26 Å². The molecule has 0 bridgehead atoms. The molecule has 8 heteroatoms. The van der Waals surface area contributed by atoms with Crippen molar-refractivity contribution in [3.63, 3.8) is 0 Å². The number of nitrogens with zero attached hydrogens (tertiary/aromatic N) is 2. The van der Waals surface area contributed by atoms with Crippen molar-refractivity contribution in [2.75, 3.05) is 5.88 Å². The van der Waals surface area contributed by atoms with E-state index in [1.165, 1.54) is 6.92 Å². The van der Waals surface area contributed by atoms with E-state index in [9.17, 15) is 18.5 Å². The second kappa shape index (κ2) is 5.33. The first-order valence-electron chi connectivity index (χ1n) is 4.83. The Morgan fingerprint density at radius 2 is 2.17 bits per heavy atom. The van der Waals surface area contributed by atoms with Gasteiger partial charge in [0.05, 0.1) is 20.6 Å². The molecule has 0 N–H and O–H groups in total. The van der Waals surface area contributed by atoms with Gasteiger partial charge in [0.1, 0.15) is 6.07 Å². The van der Waals surface area contributed by atoms with Crippen LogP contribution in [0.25, 0.3) is 0 Å². The van der Waals surface area contributed by atoms with Gasteiger partial charge in [-0.25, -0.2) is 8.42 Å². The summed E-state index contributed by atoms with van der Waals surface area (Å²) >= 11 is 5.49. The third kappa shape index (κ3) is 2.60. The highest BCUT2D eigenvalue weighted by Crippen LogP contribution is 2.24. The lowest BCUT2D eigenvalue weighted by Gasteiger charge is -2.10. The Morgan fingerprint density at radius 1 is 1.56 bits per heavy atom. The molecule has 0 amide bonds. The summed E-state index contributed by atoms with van der Waals surface area (Å²) in [6, 6.07) is 4.70. The van der Waals surface area contributed by atoms with E-state index in [1.807, 2.05) is 0 Å². The second-order valence-electron chi connectivity index (χ2n) is 3.56. The quantitative estimate of drug-likeness (QED) is 0.478. The number of hydrogen-bond acceptors (Lipinski definition) is 5. The lowest BCUT2D eigenvalue weighted by molar-refractivity contribution is -0.384. The summed E-state index contributed by atoms with van der Waals surface area (Å²) in [6.07, 6.45) is 0. The number of nitriles is 1. The monoisotopic (exact) mass is 288 g/mol. The average Bonchev–Trinajstić information content (AvgIpc) is 2.36. The van der Waals surface area contributed by atoms with E-state index in [0.717, 1.165) is 18.2 Å². The Morgan fingerprint density at radius 3 is 2.61 bits per heavy atom. The van der Waals surface area contributed by atoms with Crippen LogP contribution in [0.1, 0.15) is 12.5 Å². The van der Waals surface area contributed by atoms with Crippen molar-refractivity contribution in [3.05, 3.63) is 33.9 Å². The minimum atomic E-state index is -3.75. The molecule has 0 aromatic heterocycles. The van der Waals surface area contributed by atoms with Gasteiger partial charge in [0.25, 0.3) is 5.69 Å². The Hall–Kier alpha value is -1.65. The molecule has 1 atom stereocenters. The van der Waals surface area contributed by atoms with Crippen LogP contribution in [-0.2, 0) is 9.84 Å². The van der Waals surface area contributed by atoms with Gasteiger partial charge in [0, 0.05) is 18.0 Å². The van der Waals surface area contributed by atoms with Gasteiger partial charge < -0.3 is 0 Å². The van der Waals surface area contributed by atoms with Crippen molar-refractivity contribution in [3.8, 4) is 6.07 Å². The Kier molecular flexibility index (Phi) is 4.27. The number of sulfone groups is 1. The van der Waals surface area contributed by atoms with Gasteiger partial charge in [-0.05, 0) is 13.0 Å². The molecule has 96 valence electrons. The smallest absolute Gasteiger partial charge is 0.258 e. The number of nitro benzene ring substituents is 1. The zero-order valence-corrected chi connectivity index (χ0v) is 10.9. The van der Waals surface area contributed by atoms with E-state index in [1.54, 1.807) is 6.07 Å². The first kappa shape index (κ1) is 14.4. The van der Waals surface area contributed by atoms with Gasteiger partial charge in [-0.3, -0.25) is 10.1 Å². The molecule has 1 aromatic rings. The number of benzene rings is 1. The van der Waals surface area contributed by atoms with Crippen LogP contribution in [0.4, 0.5) is 5.69 Å². The highest BCUT2D eigenvalue weighted by Gasteiger charge is 2.26. The minimum absolute atomic E-state index is 0.121. The molecule has 18 heavy (non-hydrogen) atoms. The molecule has 0 radical (unpaired) electrons. The molecule has 6 nitrogen and oxygen atoms in total. The van der Waals surface area contributed by atoms with E-state index >= 15 is 0 Å². The predicted octanol–water partition coefficient (Wildman–Crippen LogP) is 1.87. The molecule has 0 saturated heterocycles. The molecule has 0 saturated carbocycles. The number of nitro groups is 1. The van der Waals surface area contributed by atoms with Gasteiger partial charge in [-0.15, -0.1) is 11.6 Å². The Labute approximate surface area is 109 Å². The SMILES string of the molecule is CC(CCl)S(=O)(=O)c1ccc([N+](=O)[O-])cc1C#N. The molecule has 0 aliphatic carbocycles. The summed E-state index contributed by atoms with van der Waals surface area (Å²) in [7, 11) is -3.75. The van der Waals surface area contributed by atoms with Crippen LogP contribution in [0.15, 0.2) is 23.1 Å². The van der Waals surface area contributed by atoms with E-state index in [-0.39, 0.29) is 22.0 Å². The van der Waals surface area contributed by atoms with Gasteiger partial charge in [0.2, 0.25) is 0 Å². The maximum absolute atomic E-state index is 12.0. The van der Waals surface area contributed by atoms with Crippen LogP contribution in [0, 0.1) is 21.4 Å². The highest BCUT2D eigenvalue weighted by atomic mass is 35.5. The standard InChI is InChI=1S/C10H9ClN2O4S/c1-7(5-11)18(16,17)10-3-2-9(13(14)15)4-8(10)6-12/h2-4,7H,5H2,1H3. The molecule has 1 unspecified atom stereocenters. The summed E-state index contributed by atoms with van der Waals surface area (Å²) in [6.45, 7) is 1.41. The third-order valence-corrected chi connectivity index (χ3v) is 5.19. The molecule has 0 aliphatic heterocycles. The zero-order valence-electron chi connectivity index (χ0n) is 9.33. The maximum atomic E-state index is 12.0. The molecule has 0 heterocycles. The highest BCUT2D eigenvalue weighted by molar-refractivity contribution is 7.92. The fourth-order valence-corrected chi connectivity index (χ4v) is 3.03. The van der Waals surface area contributed by atoms with Crippen molar-refractivity contribution >= 4 is 27.1 Å². The van der Waals surface area contributed by atoms with Crippen molar-refractivity contribution in [1.82, 2.24) is 0 Å². The Balaban J connectivity index is 3.45. The summed E-state index contributed by atoms with van der Waals surface area (Å²) in [5.74, 6) is -0.121. The number of rotatable bonds is 4. The van der Waals surface area contributed by atoms with Gasteiger partial charge in [-0.1, -0.05) is 0 Å². The van der Waals surface area contributed by atoms with E-state index in [4.69, 9.17) is 16.9 Å². The van der Waals surface area contributed by atoms with Crippen LogP contribution >= 0.6 is 11.6 Å². The number of alkyl halides is 1. The second-order valence-corrected chi connectivity index (χ2v) is 6.20. The molecule has 0 spiro atoms. The number of hydrogen-bond donors (Lipinski definition) is 0. The van der Waals surface area contributed by atoms with Crippen LogP contribution < -0.4 is 0 Å². The van der Waals surface area contributed by atoms with Crippen molar-refractivity contribution in [2.24, 2.45) is 0 Å². The summed E-state index contributed by atoms with van der Waals surface area (Å²) in [4.78, 5) is 9.62. The number of halogens is 1. The zero-order chi connectivity index (χ0) is 13.9. The van der Waals surface area contributed by atoms with Crippen molar-refractivity contribution in [2.45, 2.75) is 17.1 Å². The predicted molar refractivity (Wildman–Crippen MR) is 65.2 cm³/mol. The molecule has 1 aromatic carbocycles. The van der Waals surface area contributed by atoms with E-state index < -0.39 is 20.0 Å². The summed E-state index contributed by atoms with van der Waals surface area (Å²) in [5, 5.41) is 18.6. The van der Waals surface area contributed by atoms with Gasteiger partial charge in [-0.2, -0.15) is 5.26 Å². The lowest BCUT2D eigenvalue weighted by atomic mass is 10.2. The molecule has 0 fully saturated rings. The van der Waals surface area contributed by atoms with Gasteiger partial charge >= 0.3 is 0 Å². The van der Waals surface area contributed by atoms with E-state index in [0.29, 0.717) is 0 Å². The van der Waals surface area contributed by atoms with Crippen molar-refractivity contribution < 1.29 is 13.3 Å². The maximum Gasteiger partial charge on any atom is 0.270 e. The first-order chi connectivity index (χ1) is 8.34. The van der Waals surface area contributed by atoms with Crippen LogP contribution in [0.2, 0.25) is 0 Å². The fraction of sp³-hybridized carbons (Fsp3) is 0.300. The normalized spacial score (nSPS) is 12.7. The fourth-order valence-electron chi connectivity index (χ4n) is 1.27. The lowest BCUT2D eigenvalue weighted by Crippen LogP contribution is -2.20.